The molecule has 3 aromatic rings. The lowest BCUT2D eigenvalue weighted by atomic mass is 10.0. The largest absolute Gasteiger partial charge is 0.385 e. The molecule has 0 spiro atoms. The second kappa shape index (κ2) is 10.9. The zero-order chi connectivity index (χ0) is 21.3. The van der Waals surface area contributed by atoms with E-state index in [-0.39, 0.29) is 11.7 Å². The molecule has 30 heavy (non-hydrogen) atoms. The molecule has 0 saturated carbocycles. The fourth-order valence-corrected chi connectivity index (χ4v) is 3.84. The van der Waals surface area contributed by atoms with Crippen molar-refractivity contribution in [2.24, 2.45) is 0 Å². The highest BCUT2D eigenvalue weighted by Crippen LogP contribution is 2.31. The maximum atomic E-state index is 12.2. The number of para-hydroxylation sites is 1. The number of aromatic nitrogens is 4. The number of pyridine rings is 1. The predicted octanol–water partition coefficient (Wildman–Crippen LogP) is 3.70. The lowest BCUT2D eigenvalue weighted by Gasteiger charge is -2.16. The third-order valence-electron chi connectivity index (χ3n) is 4.53. The minimum absolute atomic E-state index is 0.0364. The van der Waals surface area contributed by atoms with E-state index in [0.717, 1.165) is 17.7 Å². The molecule has 0 fully saturated rings. The topological polar surface area (TPSA) is 81.9 Å². The Kier molecular flexibility index (Phi) is 7.98. The van der Waals surface area contributed by atoms with Crippen LogP contribution in [0.3, 0.4) is 0 Å². The summed E-state index contributed by atoms with van der Waals surface area (Å²) in [5.41, 5.74) is 3.08. The molecule has 0 aliphatic rings. The van der Waals surface area contributed by atoms with E-state index in [1.807, 2.05) is 28.8 Å². The number of nitrogens with zero attached hydrogens (tertiary/aromatic N) is 4. The SMILES string of the molecule is COCCCNC(=O)CSc1nnc(-c2cccnc2)n1-c1ccccc1C(C)C. The molecule has 0 unspecified atom stereocenters. The maximum Gasteiger partial charge on any atom is 0.230 e. The van der Waals surface area contributed by atoms with Crippen LogP contribution in [-0.2, 0) is 9.53 Å². The molecule has 0 radical (unpaired) electrons. The second-order valence-electron chi connectivity index (χ2n) is 7.08. The Labute approximate surface area is 181 Å². The fraction of sp³-hybridized carbons (Fsp3) is 0.364. The van der Waals surface area contributed by atoms with Crippen LogP contribution in [0.5, 0.6) is 0 Å². The smallest absolute Gasteiger partial charge is 0.230 e. The van der Waals surface area contributed by atoms with Gasteiger partial charge in [-0.3, -0.25) is 14.3 Å². The van der Waals surface area contributed by atoms with Crippen molar-refractivity contribution in [3.63, 3.8) is 0 Å². The Morgan fingerprint density at radius 3 is 2.77 bits per heavy atom. The number of benzene rings is 1. The van der Waals surface area contributed by atoms with Crippen LogP contribution in [0.1, 0.15) is 31.7 Å². The average Bonchev–Trinajstić information content (AvgIpc) is 3.19. The van der Waals surface area contributed by atoms with Crippen molar-refractivity contribution in [2.45, 2.75) is 31.3 Å². The first kappa shape index (κ1) is 22.0. The highest BCUT2D eigenvalue weighted by molar-refractivity contribution is 7.99. The van der Waals surface area contributed by atoms with Crippen LogP contribution in [0.25, 0.3) is 17.1 Å². The molecule has 1 amide bonds. The molecule has 0 bridgehead atoms. The number of rotatable bonds is 10. The summed E-state index contributed by atoms with van der Waals surface area (Å²) in [5.74, 6) is 1.26. The van der Waals surface area contributed by atoms with Crippen molar-refractivity contribution in [3.8, 4) is 17.1 Å². The molecule has 7 nitrogen and oxygen atoms in total. The van der Waals surface area contributed by atoms with Gasteiger partial charge in [0.1, 0.15) is 0 Å². The molecule has 3 rings (SSSR count). The first-order valence-electron chi connectivity index (χ1n) is 9.95. The Balaban J connectivity index is 1.90. The quantitative estimate of drug-likeness (QED) is 0.394. The van der Waals surface area contributed by atoms with Crippen molar-refractivity contribution in [1.82, 2.24) is 25.1 Å². The number of amides is 1. The van der Waals surface area contributed by atoms with Crippen molar-refractivity contribution < 1.29 is 9.53 Å². The van der Waals surface area contributed by atoms with Crippen molar-refractivity contribution in [1.29, 1.82) is 0 Å². The average molecular weight is 426 g/mol. The van der Waals surface area contributed by atoms with Crippen LogP contribution in [0, 0.1) is 0 Å². The number of carbonyl (C=O) groups is 1. The van der Waals surface area contributed by atoms with Gasteiger partial charge in [0.2, 0.25) is 5.91 Å². The normalized spacial score (nSPS) is 11.1. The maximum absolute atomic E-state index is 12.2. The lowest BCUT2D eigenvalue weighted by molar-refractivity contribution is -0.118. The van der Waals surface area contributed by atoms with Crippen LogP contribution < -0.4 is 5.32 Å². The molecule has 1 N–H and O–H groups in total. The van der Waals surface area contributed by atoms with Gasteiger partial charge in [0, 0.05) is 38.2 Å². The van der Waals surface area contributed by atoms with E-state index in [2.05, 4.69) is 46.5 Å². The number of thioether (sulfide) groups is 1. The molecule has 2 heterocycles. The molecular weight excluding hydrogens is 398 g/mol. The van der Waals surface area contributed by atoms with E-state index >= 15 is 0 Å². The summed E-state index contributed by atoms with van der Waals surface area (Å²) in [4.78, 5) is 16.5. The minimum atomic E-state index is -0.0364. The Morgan fingerprint density at radius 2 is 2.03 bits per heavy atom. The van der Waals surface area contributed by atoms with Gasteiger partial charge in [0.05, 0.1) is 11.4 Å². The molecule has 158 valence electrons. The van der Waals surface area contributed by atoms with E-state index in [4.69, 9.17) is 4.74 Å². The summed E-state index contributed by atoms with van der Waals surface area (Å²) >= 11 is 1.38. The van der Waals surface area contributed by atoms with Crippen LogP contribution >= 0.6 is 11.8 Å². The van der Waals surface area contributed by atoms with Crippen molar-refractivity contribution in [3.05, 3.63) is 54.4 Å². The molecule has 0 atom stereocenters. The highest BCUT2D eigenvalue weighted by atomic mass is 32.2. The molecule has 0 aliphatic heterocycles. The van der Waals surface area contributed by atoms with E-state index in [1.54, 1.807) is 19.5 Å². The van der Waals surface area contributed by atoms with Gasteiger partial charge in [0.15, 0.2) is 11.0 Å². The number of ether oxygens (including phenoxy) is 1. The standard InChI is InChI=1S/C22H27N5O2S/c1-16(2)18-9-4-5-10-19(18)27-21(17-8-6-11-23-14-17)25-26-22(27)30-15-20(28)24-12-7-13-29-3/h4-6,8-11,14,16H,7,12-13,15H2,1-3H3,(H,24,28). The molecule has 8 heteroatoms. The Morgan fingerprint density at radius 1 is 1.20 bits per heavy atom. The van der Waals surface area contributed by atoms with Crippen LogP contribution in [-0.4, -0.2) is 51.7 Å². The third kappa shape index (κ3) is 5.46. The van der Waals surface area contributed by atoms with Gasteiger partial charge in [-0.15, -0.1) is 10.2 Å². The fourth-order valence-electron chi connectivity index (χ4n) is 3.07. The summed E-state index contributed by atoms with van der Waals surface area (Å²) in [5, 5.41) is 12.4. The van der Waals surface area contributed by atoms with Gasteiger partial charge >= 0.3 is 0 Å². The monoisotopic (exact) mass is 425 g/mol. The van der Waals surface area contributed by atoms with Gasteiger partial charge in [-0.05, 0) is 36.1 Å². The molecule has 0 saturated heterocycles. The Hall–Kier alpha value is -2.71. The van der Waals surface area contributed by atoms with E-state index in [0.29, 0.717) is 30.1 Å². The van der Waals surface area contributed by atoms with Crippen LogP contribution in [0.4, 0.5) is 0 Å². The van der Waals surface area contributed by atoms with Gasteiger partial charge in [-0.1, -0.05) is 43.8 Å². The summed E-state index contributed by atoms with van der Waals surface area (Å²) in [6, 6.07) is 12.1. The summed E-state index contributed by atoms with van der Waals surface area (Å²) in [6.45, 7) is 5.54. The van der Waals surface area contributed by atoms with Crippen molar-refractivity contribution >= 4 is 17.7 Å². The molecule has 1 aromatic carbocycles. The Bertz CT molecular complexity index is 959. The van der Waals surface area contributed by atoms with Gasteiger partial charge in [-0.2, -0.15) is 0 Å². The molecular formula is C22H27N5O2S. The number of carbonyl (C=O) groups excluding carboxylic acids is 1. The van der Waals surface area contributed by atoms with Crippen LogP contribution in [0.15, 0.2) is 53.9 Å². The first-order chi connectivity index (χ1) is 14.6. The van der Waals surface area contributed by atoms with Gasteiger partial charge in [0.25, 0.3) is 0 Å². The molecule has 2 aromatic heterocycles. The second-order valence-corrected chi connectivity index (χ2v) is 8.02. The zero-order valence-electron chi connectivity index (χ0n) is 17.5. The lowest BCUT2D eigenvalue weighted by Crippen LogP contribution is -2.27. The summed E-state index contributed by atoms with van der Waals surface area (Å²) in [6.07, 6.45) is 4.29. The zero-order valence-corrected chi connectivity index (χ0v) is 18.4. The van der Waals surface area contributed by atoms with E-state index < -0.39 is 0 Å². The van der Waals surface area contributed by atoms with Gasteiger partial charge in [-0.25, -0.2) is 0 Å². The predicted molar refractivity (Wildman–Crippen MR) is 119 cm³/mol. The van der Waals surface area contributed by atoms with Crippen molar-refractivity contribution in [2.75, 3.05) is 26.0 Å². The number of methoxy groups -OCH3 is 1. The minimum Gasteiger partial charge on any atom is -0.385 e. The van der Waals surface area contributed by atoms with E-state index in [1.165, 1.54) is 17.3 Å². The number of nitrogens with one attached hydrogen (secondary N) is 1. The number of hydrogen-bond donors (Lipinski definition) is 1. The number of hydrogen-bond acceptors (Lipinski definition) is 6. The highest BCUT2D eigenvalue weighted by Gasteiger charge is 2.20. The summed E-state index contributed by atoms with van der Waals surface area (Å²) in [7, 11) is 1.65. The van der Waals surface area contributed by atoms with E-state index in [9.17, 15) is 4.79 Å². The molecule has 0 aliphatic carbocycles. The van der Waals surface area contributed by atoms with Crippen LogP contribution in [0.2, 0.25) is 0 Å². The van der Waals surface area contributed by atoms with Gasteiger partial charge < -0.3 is 10.1 Å². The third-order valence-corrected chi connectivity index (χ3v) is 5.46. The summed E-state index contributed by atoms with van der Waals surface area (Å²) < 4.78 is 7.03. The first-order valence-corrected chi connectivity index (χ1v) is 10.9.